The molecule has 1 saturated carbocycles. The van der Waals surface area contributed by atoms with Gasteiger partial charge in [0.25, 0.3) is 0 Å². The van der Waals surface area contributed by atoms with Crippen molar-refractivity contribution in [1.29, 1.82) is 0 Å². The van der Waals surface area contributed by atoms with E-state index in [1.165, 1.54) is 73.6 Å². The zero-order valence-corrected chi connectivity index (χ0v) is 25.5. The van der Waals surface area contributed by atoms with E-state index in [1.807, 2.05) is 0 Å². The van der Waals surface area contributed by atoms with Crippen LogP contribution in [-0.2, 0) is 12.8 Å². The first-order valence-electron chi connectivity index (χ1n) is 16.6. The number of allylic oxidation sites excluding steroid dienone is 4. The Morgan fingerprint density at radius 1 is 0.476 bits per heavy atom. The molecule has 42 heavy (non-hydrogen) atoms. The van der Waals surface area contributed by atoms with Gasteiger partial charge in [-0.25, -0.2) is 0 Å². The lowest BCUT2D eigenvalue weighted by Gasteiger charge is -2.36. The van der Waals surface area contributed by atoms with Crippen LogP contribution in [0.5, 0.6) is 0 Å². The minimum absolute atomic E-state index is 0.612. The van der Waals surface area contributed by atoms with Crippen molar-refractivity contribution in [3.05, 3.63) is 130 Å². The molecule has 212 valence electrons. The lowest BCUT2D eigenvalue weighted by molar-refractivity contribution is 0.355. The highest BCUT2D eigenvalue weighted by Gasteiger charge is 2.39. The SMILES string of the molecule is CCCC1=C([C@H]2CCCC[C@@H]2C2=C(CCC)Cc3c2cccc3-c2ccccc2)c2cccc(-c3ccccc3)c2C1. The zero-order chi connectivity index (χ0) is 28.5. The lowest BCUT2D eigenvalue weighted by atomic mass is 9.68. The van der Waals surface area contributed by atoms with Crippen LogP contribution >= 0.6 is 0 Å². The van der Waals surface area contributed by atoms with Gasteiger partial charge in [-0.15, -0.1) is 0 Å². The molecule has 1 fully saturated rings. The van der Waals surface area contributed by atoms with E-state index in [9.17, 15) is 0 Å². The molecule has 7 rings (SSSR count). The van der Waals surface area contributed by atoms with Crippen LogP contribution in [0.4, 0.5) is 0 Å². The molecule has 0 N–H and O–H groups in total. The summed E-state index contributed by atoms with van der Waals surface area (Å²) < 4.78 is 0. The number of hydrogen-bond donors (Lipinski definition) is 0. The fourth-order valence-electron chi connectivity index (χ4n) is 8.63. The van der Waals surface area contributed by atoms with Gasteiger partial charge in [0, 0.05) is 0 Å². The summed E-state index contributed by atoms with van der Waals surface area (Å²) in [6.07, 6.45) is 12.5. The molecule has 2 atom stereocenters. The first kappa shape index (κ1) is 27.2. The maximum absolute atomic E-state index is 2.46. The Morgan fingerprint density at radius 3 is 1.29 bits per heavy atom. The lowest BCUT2D eigenvalue weighted by Crippen LogP contribution is -2.23. The first-order chi connectivity index (χ1) is 20.8. The average Bonchev–Trinajstić information content (AvgIpc) is 3.60. The van der Waals surface area contributed by atoms with Crippen LogP contribution in [0.1, 0.15) is 87.5 Å². The second-order valence-corrected chi connectivity index (χ2v) is 12.8. The Hall–Kier alpha value is -3.64. The van der Waals surface area contributed by atoms with Gasteiger partial charge in [-0.05, 0) is 106 Å². The van der Waals surface area contributed by atoms with Crippen LogP contribution in [0.15, 0.2) is 108 Å². The maximum Gasteiger partial charge on any atom is -0.00487 e. The molecule has 0 saturated heterocycles. The van der Waals surface area contributed by atoms with Crippen molar-refractivity contribution in [2.75, 3.05) is 0 Å². The third kappa shape index (κ3) is 4.80. The quantitative estimate of drug-likeness (QED) is 0.205. The van der Waals surface area contributed by atoms with Gasteiger partial charge < -0.3 is 0 Å². The van der Waals surface area contributed by atoms with Crippen LogP contribution in [0.25, 0.3) is 33.4 Å². The normalized spacial score (nSPS) is 19.8. The van der Waals surface area contributed by atoms with Gasteiger partial charge in [0.05, 0.1) is 0 Å². The van der Waals surface area contributed by atoms with Crippen molar-refractivity contribution < 1.29 is 0 Å². The standard InChI is InChI=1S/C42H44/c1-3-15-31-27-39-33(29-17-7-5-8-18-29)23-13-25-37(39)41(31)35-21-11-12-22-36(35)42-32(16-4-2)28-40-34(24-14-26-38(40)42)30-19-9-6-10-20-30/h5-10,13-14,17-20,23-26,35-36H,3-4,11-12,15-16,21-22,27-28H2,1-2H3/t35-,36-/m0/s1. The predicted octanol–water partition coefficient (Wildman–Crippen LogP) is 11.7. The first-order valence-corrected chi connectivity index (χ1v) is 16.6. The molecule has 4 aromatic rings. The van der Waals surface area contributed by atoms with Crippen molar-refractivity contribution in [2.45, 2.75) is 78.1 Å². The number of hydrogen-bond acceptors (Lipinski definition) is 0. The van der Waals surface area contributed by atoms with E-state index in [2.05, 4.69) is 111 Å². The Labute approximate surface area is 253 Å². The Kier molecular flexibility index (Phi) is 7.72. The van der Waals surface area contributed by atoms with Gasteiger partial charge in [-0.3, -0.25) is 0 Å². The topological polar surface area (TPSA) is 0 Å². The summed E-state index contributed by atoms with van der Waals surface area (Å²) in [5.74, 6) is 1.22. The molecule has 3 aliphatic carbocycles. The Balaban J connectivity index is 1.35. The molecular formula is C42H44. The van der Waals surface area contributed by atoms with E-state index in [4.69, 9.17) is 0 Å². The van der Waals surface area contributed by atoms with Crippen LogP contribution in [0.3, 0.4) is 0 Å². The Bertz CT molecular complexity index is 1510. The van der Waals surface area contributed by atoms with Crippen molar-refractivity contribution in [3.8, 4) is 22.3 Å². The summed E-state index contributed by atoms with van der Waals surface area (Å²) in [6, 6.07) is 36.5. The number of benzene rings is 4. The molecule has 0 amide bonds. The van der Waals surface area contributed by atoms with Crippen molar-refractivity contribution >= 4 is 11.1 Å². The van der Waals surface area contributed by atoms with Gasteiger partial charge >= 0.3 is 0 Å². The molecule has 0 aromatic heterocycles. The van der Waals surface area contributed by atoms with Crippen LogP contribution in [0, 0.1) is 11.8 Å². The molecular weight excluding hydrogens is 504 g/mol. The van der Waals surface area contributed by atoms with Crippen molar-refractivity contribution in [3.63, 3.8) is 0 Å². The fourth-order valence-corrected chi connectivity index (χ4v) is 8.63. The summed E-state index contributed by atoms with van der Waals surface area (Å²) in [7, 11) is 0. The minimum atomic E-state index is 0.612. The predicted molar refractivity (Wildman–Crippen MR) is 180 cm³/mol. The molecule has 0 heteroatoms. The monoisotopic (exact) mass is 548 g/mol. The molecule has 3 aliphatic rings. The highest BCUT2D eigenvalue weighted by molar-refractivity contribution is 5.89. The van der Waals surface area contributed by atoms with Gasteiger partial charge in [0.2, 0.25) is 0 Å². The van der Waals surface area contributed by atoms with Gasteiger partial charge in [-0.1, -0.05) is 148 Å². The van der Waals surface area contributed by atoms with Crippen LogP contribution in [-0.4, -0.2) is 0 Å². The average molecular weight is 549 g/mol. The fraction of sp³-hybridized carbons (Fsp3) is 0.333. The van der Waals surface area contributed by atoms with Gasteiger partial charge in [0.15, 0.2) is 0 Å². The molecule has 0 heterocycles. The van der Waals surface area contributed by atoms with E-state index < -0.39 is 0 Å². The summed E-state index contributed by atoms with van der Waals surface area (Å²) >= 11 is 0. The van der Waals surface area contributed by atoms with E-state index in [1.54, 1.807) is 44.5 Å². The summed E-state index contributed by atoms with van der Waals surface area (Å²) in [4.78, 5) is 0. The second-order valence-electron chi connectivity index (χ2n) is 12.8. The highest BCUT2D eigenvalue weighted by atomic mass is 14.4. The molecule has 0 aliphatic heterocycles. The Morgan fingerprint density at radius 2 is 0.881 bits per heavy atom. The second kappa shape index (κ2) is 11.9. The summed E-state index contributed by atoms with van der Waals surface area (Å²) in [6.45, 7) is 4.73. The summed E-state index contributed by atoms with van der Waals surface area (Å²) in [5, 5.41) is 0. The smallest absolute Gasteiger partial charge is 0.00487 e. The van der Waals surface area contributed by atoms with E-state index in [0.29, 0.717) is 11.8 Å². The molecule has 0 radical (unpaired) electrons. The van der Waals surface area contributed by atoms with Crippen molar-refractivity contribution in [2.24, 2.45) is 11.8 Å². The summed E-state index contributed by atoms with van der Waals surface area (Å²) in [5.41, 5.74) is 18.8. The van der Waals surface area contributed by atoms with Gasteiger partial charge in [-0.2, -0.15) is 0 Å². The molecule has 0 unspecified atom stereocenters. The minimum Gasteiger partial charge on any atom is -0.0651 e. The highest BCUT2D eigenvalue weighted by Crippen LogP contribution is 2.55. The third-order valence-corrected chi connectivity index (χ3v) is 10.3. The number of fused-ring (bicyclic) bond motifs is 2. The zero-order valence-electron chi connectivity index (χ0n) is 25.5. The van der Waals surface area contributed by atoms with Gasteiger partial charge in [0.1, 0.15) is 0 Å². The van der Waals surface area contributed by atoms with E-state index >= 15 is 0 Å². The van der Waals surface area contributed by atoms with E-state index in [-0.39, 0.29) is 0 Å². The van der Waals surface area contributed by atoms with Crippen LogP contribution in [0.2, 0.25) is 0 Å². The molecule has 0 nitrogen and oxygen atoms in total. The van der Waals surface area contributed by atoms with E-state index in [0.717, 1.165) is 12.8 Å². The van der Waals surface area contributed by atoms with Crippen molar-refractivity contribution in [1.82, 2.24) is 0 Å². The third-order valence-electron chi connectivity index (χ3n) is 10.3. The molecule has 0 bridgehead atoms. The molecule has 4 aromatic carbocycles. The maximum atomic E-state index is 2.46. The largest absolute Gasteiger partial charge is 0.0651 e. The number of rotatable bonds is 8. The molecule has 0 spiro atoms. The van der Waals surface area contributed by atoms with Crippen LogP contribution < -0.4 is 0 Å².